The molecule has 2 aromatic rings. The van der Waals surface area contributed by atoms with Gasteiger partial charge in [0.25, 0.3) is 0 Å². The van der Waals surface area contributed by atoms with Crippen LogP contribution in [-0.4, -0.2) is 34.1 Å². The third-order valence-electron chi connectivity index (χ3n) is 4.51. The van der Waals surface area contributed by atoms with Crippen LogP contribution in [0.2, 0.25) is 0 Å². The maximum absolute atomic E-state index is 12.4. The number of aliphatic hydroxyl groups is 1. The van der Waals surface area contributed by atoms with Crippen molar-refractivity contribution in [1.29, 1.82) is 5.26 Å². The van der Waals surface area contributed by atoms with Gasteiger partial charge in [-0.25, -0.2) is 4.79 Å². The Balaban J connectivity index is 1.62. The zero-order chi connectivity index (χ0) is 17.9. The third-order valence-corrected chi connectivity index (χ3v) is 4.51. The molecule has 1 aromatic heterocycles. The quantitative estimate of drug-likeness (QED) is 0.882. The largest absolute Gasteiger partial charge is 0.383 e. The highest BCUT2D eigenvalue weighted by Gasteiger charge is 2.36. The Morgan fingerprint density at radius 3 is 2.72 bits per heavy atom. The van der Waals surface area contributed by atoms with Crippen molar-refractivity contribution in [2.24, 2.45) is 0 Å². The number of hydrogen-bond donors (Lipinski definition) is 2. The molecular formula is C19H20N4O2. The molecule has 1 aliphatic heterocycles. The molecule has 0 unspecified atom stereocenters. The van der Waals surface area contributed by atoms with Gasteiger partial charge in [-0.15, -0.1) is 0 Å². The van der Waals surface area contributed by atoms with Crippen molar-refractivity contribution in [3.8, 4) is 6.07 Å². The van der Waals surface area contributed by atoms with E-state index < -0.39 is 5.60 Å². The number of likely N-dealkylation sites (tertiary alicyclic amines) is 1. The monoisotopic (exact) mass is 336 g/mol. The first-order valence-electron chi connectivity index (χ1n) is 8.22. The molecule has 128 valence electrons. The number of rotatable bonds is 2. The average Bonchev–Trinajstić information content (AvgIpc) is 2.63. The minimum atomic E-state index is -0.995. The van der Waals surface area contributed by atoms with E-state index in [2.05, 4.69) is 10.3 Å². The lowest BCUT2D eigenvalue weighted by Gasteiger charge is -2.37. The number of carbonyl (C=O) groups excluding carboxylic acids is 1. The average molecular weight is 336 g/mol. The van der Waals surface area contributed by atoms with Crippen LogP contribution in [0.1, 0.15) is 29.7 Å². The molecule has 0 bridgehead atoms. The second kappa shape index (κ2) is 6.91. The summed E-state index contributed by atoms with van der Waals surface area (Å²) in [6, 6.07) is 12.4. The molecule has 1 aliphatic rings. The van der Waals surface area contributed by atoms with Crippen molar-refractivity contribution < 1.29 is 9.90 Å². The highest BCUT2D eigenvalue weighted by atomic mass is 16.3. The highest BCUT2D eigenvalue weighted by molar-refractivity contribution is 5.89. The maximum Gasteiger partial charge on any atom is 0.321 e. The summed E-state index contributed by atoms with van der Waals surface area (Å²) in [7, 11) is 0. The fourth-order valence-electron chi connectivity index (χ4n) is 2.95. The summed E-state index contributed by atoms with van der Waals surface area (Å²) in [5.41, 5.74) is 1.79. The molecule has 2 heterocycles. The predicted molar refractivity (Wildman–Crippen MR) is 93.9 cm³/mol. The van der Waals surface area contributed by atoms with E-state index in [4.69, 9.17) is 5.26 Å². The molecule has 6 nitrogen and oxygen atoms in total. The summed E-state index contributed by atoms with van der Waals surface area (Å²) in [4.78, 5) is 18.4. The Labute approximate surface area is 146 Å². The van der Waals surface area contributed by atoms with Gasteiger partial charge < -0.3 is 15.3 Å². The maximum atomic E-state index is 12.4. The Morgan fingerprint density at radius 1 is 1.32 bits per heavy atom. The van der Waals surface area contributed by atoms with Gasteiger partial charge in [0, 0.05) is 25.0 Å². The SMILES string of the molecule is Cc1ccc(C2(O)CCN(C(=O)Nc3cccc(C#N)c3)CC2)nc1. The lowest BCUT2D eigenvalue weighted by molar-refractivity contribution is -0.0193. The Bertz CT molecular complexity index is 803. The van der Waals surface area contributed by atoms with E-state index in [1.165, 1.54) is 0 Å². The number of nitrogens with zero attached hydrogens (tertiary/aromatic N) is 3. The smallest absolute Gasteiger partial charge is 0.321 e. The van der Waals surface area contributed by atoms with Gasteiger partial charge in [0.2, 0.25) is 0 Å². The summed E-state index contributed by atoms with van der Waals surface area (Å²) in [6.07, 6.45) is 2.62. The number of urea groups is 1. The minimum absolute atomic E-state index is 0.228. The van der Waals surface area contributed by atoms with E-state index >= 15 is 0 Å². The van der Waals surface area contributed by atoms with Crippen LogP contribution in [0, 0.1) is 18.3 Å². The number of piperidine rings is 1. The van der Waals surface area contributed by atoms with Gasteiger partial charge >= 0.3 is 6.03 Å². The molecule has 0 saturated carbocycles. The fourth-order valence-corrected chi connectivity index (χ4v) is 2.95. The zero-order valence-corrected chi connectivity index (χ0v) is 14.1. The van der Waals surface area contributed by atoms with Crippen LogP contribution in [0.25, 0.3) is 0 Å². The number of benzene rings is 1. The topological polar surface area (TPSA) is 89.2 Å². The van der Waals surface area contributed by atoms with E-state index in [9.17, 15) is 9.90 Å². The van der Waals surface area contributed by atoms with Crippen molar-refractivity contribution in [2.75, 3.05) is 18.4 Å². The normalized spacial score (nSPS) is 16.1. The molecule has 6 heteroatoms. The van der Waals surface area contributed by atoms with E-state index in [-0.39, 0.29) is 6.03 Å². The van der Waals surface area contributed by atoms with Crippen LogP contribution in [-0.2, 0) is 5.60 Å². The fraction of sp³-hybridized carbons (Fsp3) is 0.316. The van der Waals surface area contributed by atoms with Crippen LogP contribution >= 0.6 is 0 Å². The number of anilines is 1. The first-order valence-corrected chi connectivity index (χ1v) is 8.22. The Hall–Kier alpha value is -2.91. The van der Waals surface area contributed by atoms with Crippen molar-refractivity contribution in [1.82, 2.24) is 9.88 Å². The number of aryl methyl sites for hydroxylation is 1. The van der Waals surface area contributed by atoms with Gasteiger partial charge in [-0.3, -0.25) is 4.98 Å². The molecule has 1 saturated heterocycles. The number of amides is 2. The molecule has 0 atom stereocenters. The standard InChI is InChI=1S/C19H20N4O2/c1-14-5-6-17(21-13-14)19(25)7-9-23(10-8-19)18(24)22-16-4-2-3-15(11-16)12-20/h2-6,11,13,25H,7-10H2,1H3,(H,22,24). The van der Waals surface area contributed by atoms with Crippen LogP contribution in [0.3, 0.4) is 0 Å². The van der Waals surface area contributed by atoms with Gasteiger partial charge in [-0.1, -0.05) is 12.1 Å². The number of aromatic nitrogens is 1. The summed E-state index contributed by atoms with van der Waals surface area (Å²) >= 11 is 0. The molecule has 0 spiro atoms. The highest BCUT2D eigenvalue weighted by Crippen LogP contribution is 2.31. The number of nitrogens with one attached hydrogen (secondary N) is 1. The Morgan fingerprint density at radius 2 is 2.08 bits per heavy atom. The molecule has 0 aliphatic carbocycles. The molecule has 3 rings (SSSR count). The van der Waals surface area contributed by atoms with E-state index in [0.29, 0.717) is 42.9 Å². The molecule has 2 amide bonds. The van der Waals surface area contributed by atoms with Crippen LogP contribution in [0.4, 0.5) is 10.5 Å². The predicted octanol–water partition coefficient (Wildman–Crippen LogP) is 2.78. The van der Waals surface area contributed by atoms with Gasteiger partial charge in [0.05, 0.1) is 17.3 Å². The number of pyridine rings is 1. The molecule has 1 aromatic carbocycles. The lowest BCUT2D eigenvalue weighted by atomic mass is 9.87. The van der Waals surface area contributed by atoms with Crippen LogP contribution in [0.5, 0.6) is 0 Å². The van der Waals surface area contributed by atoms with Crippen molar-refractivity contribution in [3.63, 3.8) is 0 Å². The third kappa shape index (κ3) is 3.78. The van der Waals surface area contributed by atoms with E-state index in [0.717, 1.165) is 5.56 Å². The minimum Gasteiger partial charge on any atom is -0.383 e. The summed E-state index contributed by atoms with van der Waals surface area (Å²) in [5.74, 6) is 0. The molecule has 25 heavy (non-hydrogen) atoms. The second-order valence-electron chi connectivity index (χ2n) is 6.36. The Kier molecular flexibility index (Phi) is 4.68. The lowest BCUT2D eigenvalue weighted by Crippen LogP contribution is -2.47. The molecular weight excluding hydrogens is 316 g/mol. The summed E-state index contributed by atoms with van der Waals surface area (Å²) < 4.78 is 0. The van der Waals surface area contributed by atoms with Gasteiger partial charge in [-0.2, -0.15) is 5.26 Å². The number of nitriles is 1. The van der Waals surface area contributed by atoms with Gasteiger partial charge in [0.1, 0.15) is 5.60 Å². The van der Waals surface area contributed by atoms with Gasteiger partial charge in [0.15, 0.2) is 0 Å². The van der Waals surface area contributed by atoms with Gasteiger partial charge in [-0.05, 0) is 49.6 Å². The number of carbonyl (C=O) groups is 1. The first-order chi connectivity index (χ1) is 12.0. The van der Waals surface area contributed by atoms with Crippen LogP contribution < -0.4 is 5.32 Å². The molecule has 0 radical (unpaired) electrons. The van der Waals surface area contributed by atoms with E-state index in [1.54, 1.807) is 35.4 Å². The molecule has 1 fully saturated rings. The number of hydrogen-bond acceptors (Lipinski definition) is 4. The van der Waals surface area contributed by atoms with Crippen molar-refractivity contribution >= 4 is 11.7 Å². The molecule has 2 N–H and O–H groups in total. The summed E-state index contributed by atoms with van der Waals surface area (Å²) in [5, 5.41) is 22.6. The summed E-state index contributed by atoms with van der Waals surface area (Å²) in [6.45, 7) is 2.83. The first kappa shape index (κ1) is 16.9. The van der Waals surface area contributed by atoms with E-state index in [1.807, 2.05) is 25.1 Å². The second-order valence-corrected chi connectivity index (χ2v) is 6.36. The van der Waals surface area contributed by atoms with Crippen molar-refractivity contribution in [2.45, 2.75) is 25.4 Å². The van der Waals surface area contributed by atoms with Crippen LogP contribution in [0.15, 0.2) is 42.6 Å². The zero-order valence-electron chi connectivity index (χ0n) is 14.1. The van der Waals surface area contributed by atoms with Crippen molar-refractivity contribution in [3.05, 3.63) is 59.4 Å².